The van der Waals surface area contributed by atoms with E-state index in [1.165, 1.54) is 40.8 Å². The minimum atomic E-state index is -0.734. The van der Waals surface area contributed by atoms with Crippen molar-refractivity contribution in [2.45, 2.75) is 51.4 Å². The van der Waals surface area contributed by atoms with E-state index in [2.05, 4.69) is 43.3 Å². The average Bonchev–Trinajstić information content (AvgIpc) is 2.68. The number of hydrogen-bond donors (Lipinski definition) is 0. The molecule has 0 radical (unpaired) electrons. The Hall–Kier alpha value is -2.22. The molecule has 0 amide bonds. The van der Waals surface area contributed by atoms with Gasteiger partial charge in [-0.05, 0) is 77.1 Å². The van der Waals surface area contributed by atoms with Gasteiger partial charge in [0.1, 0.15) is 0 Å². The molecule has 0 saturated carbocycles. The summed E-state index contributed by atoms with van der Waals surface area (Å²) < 4.78 is 27.8. The highest BCUT2D eigenvalue weighted by Crippen LogP contribution is 2.35. The molecule has 0 fully saturated rings. The van der Waals surface area contributed by atoms with Crippen LogP contribution in [0.4, 0.5) is 8.78 Å². The Morgan fingerprint density at radius 2 is 1.77 bits per heavy atom. The highest BCUT2D eigenvalue weighted by Gasteiger charge is 2.24. The van der Waals surface area contributed by atoms with Crippen LogP contribution in [0.1, 0.15) is 54.4 Å². The van der Waals surface area contributed by atoms with Crippen LogP contribution in [0.15, 0.2) is 48.5 Å². The first kappa shape index (κ1) is 17.2. The minimum Gasteiger partial charge on any atom is -0.204 e. The van der Waals surface area contributed by atoms with E-state index in [4.69, 9.17) is 0 Å². The number of benzene rings is 3. The fourth-order valence-electron chi connectivity index (χ4n) is 4.15. The summed E-state index contributed by atoms with van der Waals surface area (Å²) in [5.41, 5.74) is 4.14. The Morgan fingerprint density at radius 3 is 2.62 bits per heavy atom. The maximum Gasteiger partial charge on any atom is 0.162 e. The molecule has 134 valence electrons. The third-order valence-corrected chi connectivity index (χ3v) is 5.72. The Morgan fingerprint density at radius 1 is 0.962 bits per heavy atom. The van der Waals surface area contributed by atoms with E-state index in [1.807, 2.05) is 0 Å². The molecule has 0 aromatic heterocycles. The van der Waals surface area contributed by atoms with E-state index in [0.29, 0.717) is 12.0 Å². The summed E-state index contributed by atoms with van der Waals surface area (Å²) in [6.07, 6.45) is 5.92. The van der Waals surface area contributed by atoms with Crippen LogP contribution in [0.25, 0.3) is 10.8 Å². The first-order valence-corrected chi connectivity index (χ1v) is 9.64. The lowest BCUT2D eigenvalue weighted by Crippen LogP contribution is -2.15. The minimum absolute atomic E-state index is 0.253. The number of aryl methyl sites for hydroxylation is 2. The zero-order valence-electron chi connectivity index (χ0n) is 15.2. The lowest BCUT2D eigenvalue weighted by Gasteiger charge is -2.25. The number of halogens is 2. The van der Waals surface area contributed by atoms with Crippen molar-refractivity contribution in [3.63, 3.8) is 0 Å². The first-order chi connectivity index (χ1) is 12.7. The topological polar surface area (TPSA) is 0 Å². The molecule has 3 aromatic rings. The van der Waals surface area contributed by atoms with Crippen LogP contribution in [0, 0.1) is 11.6 Å². The molecule has 0 N–H and O–H groups in total. The second-order valence-electron chi connectivity index (χ2n) is 7.48. The molecule has 1 aliphatic carbocycles. The van der Waals surface area contributed by atoms with Crippen LogP contribution in [-0.4, -0.2) is 0 Å². The summed E-state index contributed by atoms with van der Waals surface area (Å²) >= 11 is 0. The van der Waals surface area contributed by atoms with Gasteiger partial charge in [-0.2, -0.15) is 0 Å². The Kier molecular flexibility index (Phi) is 4.76. The molecule has 0 bridgehead atoms. The maximum absolute atomic E-state index is 14.2. The zero-order chi connectivity index (χ0) is 18.1. The monoisotopic (exact) mass is 350 g/mol. The lowest BCUT2D eigenvalue weighted by atomic mass is 9.79. The second kappa shape index (κ2) is 7.19. The standard InChI is InChI=1S/C24H24F2/c1-2-3-4-16-5-6-19-14-20(10-9-18(19)13-16)21-8-7-17-11-12-23(25)24(26)22(17)15-21/h5-6,9-14,21H,2-4,7-8,15H2,1H3. The second-order valence-corrected chi connectivity index (χ2v) is 7.48. The van der Waals surface area contributed by atoms with Gasteiger partial charge in [-0.3, -0.25) is 0 Å². The largest absolute Gasteiger partial charge is 0.204 e. The van der Waals surface area contributed by atoms with Crippen LogP contribution in [0.3, 0.4) is 0 Å². The van der Waals surface area contributed by atoms with Crippen molar-refractivity contribution in [2.75, 3.05) is 0 Å². The molecule has 0 aliphatic heterocycles. The van der Waals surface area contributed by atoms with E-state index < -0.39 is 11.6 Å². The first-order valence-electron chi connectivity index (χ1n) is 9.64. The van der Waals surface area contributed by atoms with Gasteiger partial charge in [0.05, 0.1) is 0 Å². The zero-order valence-corrected chi connectivity index (χ0v) is 15.2. The van der Waals surface area contributed by atoms with Crippen LogP contribution >= 0.6 is 0 Å². The Balaban J connectivity index is 1.62. The van der Waals surface area contributed by atoms with Gasteiger partial charge < -0.3 is 0 Å². The fourth-order valence-corrected chi connectivity index (χ4v) is 4.15. The van der Waals surface area contributed by atoms with Crippen molar-refractivity contribution < 1.29 is 8.78 Å². The molecule has 0 heterocycles. The molecule has 3 aromatic carbocycles. The summed E-state index contributed by atoms with van der Waals surface area (Å²) in [7, 11) is 0. The summed E-state index contributed by atoms with van der Waals surface area (Å²) in [5.74, 6) is -1.14. The third-order valence-electron chi connectivity index (χ3n) is 5.72. The van der Waals surface area contributed by atoms with E-state index in [9.17, 15) is 8.78 Å². The summed E-state index contributed by atoms with van der Waals surface area (Å²) in [5, 5.41) is 2.49. The van der Waals surface area contributed by atoms with Gasteiger partial charge in [-0.1, -0.05) is 55.8 Å². The molecule has 1 aliphatic rings. The lowest BCUT2D eigenvalue weighted by molar-refractivity contribution is 0.476. The van der Waals surface area contributed by atoms with Crippen LogP contribution < -0.4 is 0 Å². The van der Waals surface area contributed by atoms with E-state index in [1.54, 1.807) is 6.07 Å². The number of fused-ring (bicyclic) bond motifs is 2. The van der Waals surface area contributed by atoms with Crippen molar-refractivity contribution in [1.29, 1.82) is 0 Å². The van der Waals surface area contributed by atoms with Crippen molar-refractivity contribution in [2.24, 2.45) is 0 Å². The van der Waals surface area contributed by atoms with E-state index in [0.717, 1.165) is 24.8 Å². The van der Waals surface area contributed by atoms with Gasteiger partial charge in [-0.25, -0.2) is 8.78 Å². The number of unbranched alkanes of at least 4 members (excludes halogenated alkanes) is 1. The summed E-state index contributed by atoms with van der Waals surface area (Å²) in [6.45, 7) is 2.21. The van der Waals surface area contributed by atoms with Gasteiger partial charge in [0.15, 0.2) is 11.6 Å². The molecule has 26 heavy (non-hydrogen) atoms. The molecule has 4 rings (SSSR count). The molecule has 1 atom stereocenters. The van der Waals surface area contributed by atoms with Crippen molar-refractivity contribution in [1.82, 2.24) is 0 Å². The molecule has 2 heteroatoms. The normalized spacial score (nSPS) is 16.7. The average molecular weight is 350 g/mol. The Bertz CT molecular complexity index is 942. The smallest absolute Gasteiger partial charge is 0.162 e. The van der Waals surface area contributed by atoms with Gasteiger partial charge in [0.2, 0.25) is 0 Å². The molecule has 0 nitrogen and oxygen atoms in total. The third kappa shape index (κ3) is 3.25. The SMILES string of the molecule is CCCCc1ccc2cc(C3CCc4ccc(F)c(F)c4C3)ccc2c1. The quantitative estimate of drug-likeness (QED) is 0.489. The van der Waals surface area contributed by atoms with Crippen LogP contribution in [-0.2, 0) is 19.3 Å². The van der Waals surface area contributed by atoms with Crippen LogP contribution in [0.2, 0.25) is 0 Å². The van der Waals surface area contributed by atoms with Crippen LogP contribution in [0.5, 0.6) is 0 Å². The molecule has 0 spiro atoms. The molecular formula is C24H24F2. The van der Waals surface area contributed by atoms with Crippen molar-refractivity contribution in [3.8, 4) is 0 Å². The van der Waals surface area contributed by atoms with E-state index in [-0.39, 0.29) is 5.92 Å². The van der Waals surface area contributed by atoms with Gasteiger partial charge >= 0.3 is 0 Å². The predicted molar refractivity (Wildman–Crippen MR) is 104 cm³/mol. The van der Waals surface area contributed by atoms with Gasteiger partial charge in [-0.15, -0.1) is 0 Å². The molecule has 1 unspecified atom stereocenters. The van der Waals surface area contributed by atoms with Gasteiger partial charge in [0.25, 0.3) is 0 Å². The predicted octanol–water partition coefficient (Wildman–Crippen LogP) is 6.73. The number of rotatable bonds is 4. The fraction of sp³-hybridized carbons (Fsp3) is 0.333. The van der Waals surface area contributed by atoms with Crippen molar-refractivity contribution >= 4 is 10.8 Å². The van der Waals surface area contributed by atoms with Gasteiger partial charge in [0, 0.05) is 0 Å². The highest BCUT2D eigenvalue weighted by molar-refractivity contribution is 5.84. The Labute approximate surface area is 153 Å². The maximum atomic E-state index is 14.2. The highest BCUT2D eigenvalue weighted by atomic mass is 19.2. The molecule has 0 saturated heterocycles. The molecular weight excluding hydrogens is 326 g/mol. The summed E-state index contributed by atoms with van der Waals surface area (Å²) in [4.78, 5) is 0. The number of hydrogen-bond acceptors (Lipinski definition) is 0. The van der Waals surface area contributed by atoms with E-state index >= 15 is 0 Å². The van der Waals surface area contributed by atoms with Crippen molar-refractivity contribution in [3.05, 3.63) is 82.4 Å². The summed E-state index contributed by atoms with van der Waals surface area (Å²) in [6, 6.07) is 16.2.